The van der Waals surface area contributed by atoms with Gasteiger partial charge < -0.3 is 9.52 Å². The topological polar surface area (TPSA) is 91.9 Å². The van der Waals surface area contributed by atoms with Gasteiger partial charge in [-0.2, -0.15) is 5.10 Å². The lowest BCUT2D eigenvalue weighted by molar-refractivity contribution is -0.120. The molecule has 0 fully saturated rings. The van der Waals surface area contributed by atoms with Gasteiger partial charge in [-0.25, -0.2) is 10.2 Å². The maximum Gasteiger partial charge on any atom is 0.335 e. The molecule has 0 aliphatic heterocycles. The maximum atomic E-state index is 12.3. The van der Waals surface area contributed by atoms with Crippen molar-refractivity contribution in [2.75, 3.05) is 0 Å². The van der Waals surface area contributed by atoms with Crippen molar-refractivity contribution < 1.29 is 19.1 Å². The highest BCUT2D eigenvalue weighted by Gasteiger charge is 2.08. The molecule has 4 rings (SSSR count). The van der Waals surface area contributed by atoms with Crippen LogP contribution < -0.4 is 5.43 Å². The van der Waals surface area contributed by atoms with Gasteiger partial charge in [-0.15, -0.1) is 0 Å². The second kappa shape index (κ2) is 8.45. The molecular formula is C24H18N2O4. The van der Waals surface area contributed by atoms with Crippen LogP contribution in [-0.4, -0.2) is 23.2 Å². The van der Waals surface area contributed by atoms with Gasteiger partial charge in [-0.3, -0.25) is 4.79 Å². The lowest BCUT2D eigenvalue weighted by Gasteiger charge is -2.05. The van der Waals surface area contributed by atoms with E-state index in [1.807, 2.05) is 42.5 Å². The fraction of sp³-hybridized carbons (Fsp3) is 0.0417. The molecule has 0 aliphatic carbocycles. The predicted octanol–water partition coefficient (Wildman–Crippen LogP) is 4.49. The molecular weight excluding hydrogens is 380 g/mol. The van der Waals surface area contributed by atoms with Gasteiger partial charge in [-0.05, 0) is 40.6 Å². The standard InChI is InChI=1S/C24H18N2O4/c27-23(14-19-6-3-5-16-4-1-2-7-21(16)19)26-25-15-20-12-13-22(30-20)17-8-10-18(11-9-17)24(28)29/h1-13,15H,14H2,(H,26,27)(H,28,29)/b25-15+. The van der Waals surface area contributed by atoms with Crippen LogP contribution in [0.1, 0.15) is 21.7 Å². The molecule has 1 amide bonds. The van der Waals surface area contributed by atoms with Crippen LogP contribution in [-0.2, 0) is 11.2 Å². The Morgan fingerprint density at radius 2 is 1.70 bits per heavy atom. The number of furan rings is 1. The highest BCUT2D eigenvalue weighted by Crippen LogP contribution is 2.22. The van der Waals surface area contributed by atoms with Crippen LogP contribution >= 0.6 is 0 Å². The van der Waals surface area contributed by atoms with Gasteiger partial charge in [0.2, 0.25) is 5.91 Å². The van der Waals surface area contributed by atoms with Crippen molar-refractivity contribution in [3.05, 3.63) is 95.7 Å². The van der Waals surface area contributed by atoms with Crippen molar-refractivity contribution >= 4 is 28.9 Å². The van der Waals surface area contributed by atoms with Gasteiger partial charge in [0, 0.05) is 5.56 Å². The molecule has 0 atom stereocenters. The number of carboxylic acid groups (broad SMARTS) is 1. The normalized spacial score (nSPS) is 11.1. The summed E-state index contributed by atoms with van der Waals surface area (Å²) in [6, 6.07) is 23.7. The quantitative estimate of drug-likeness (QED) is 0.370. The summed E-state index contributed by atoms with van der Waals surface area (Å²) in [7, 11) is 0. The molecule has 1 aromatic heterocycles. The first-order chi connectivity index (χ1) is 14.6. The van der Waals surface area contributed by atoms with Crippen LogP contribution in [0.3, 0.4) is 0 Å². The molecule has 6 heteroatoms. The van der Waals surface area contributed by atoms with Crippen LogP contribution in [0.5, 0.6) is 0 Å². The van der Waals surface area contributed by atoms with E-state index in [2.05, 4.69) is 10.5 Å². The predicted molar refractivity (Wildman–Crippen MR) is 114 cm³/mol. The Bertz CT molecular complexity index is 1230. The zero-order valence-corrected chi connectivity index (χ0v) is 15.9. The number of nitrogens with one attached hydrogen (secondary N) is 1. The minimum atomic E-state index is -0.979. The fourth-order valence-corrected chi connectivity index (χ4v) is 3.18. The highest BCUT2D eigenvalue weighted by molar-refractivity contribution is 5.91. The van der Waals surface area contributed by atoms with Crippen molar-refractivity contribution in [2.24, 2.45) is 5.10 Å². The number of amides is 1. The molecule has 0 bridgehead atoms. The SMILES string of the molecule is O=C(Cc1cccc2ccccc12)N/N=C/c1ccc(-c2ccc(C(=O)O)cc2)o1. The van der Waals surface area contributed by atoms with Crippen molar-refractivity contribution in [3.8, 4) is 11.3 Å². The molecule has 0 aliphatic rings. The van der Waals surface area contributed by atoms with Gasteiger partial charge in [0.1, 0.15) is 11.5 Å². The van der Waals surface area contributed by atoms with E-state index in [-0.39, 0.29) is 17.9 Å². The second-order valence-corrected chi connectivity index (χ2v) is 6.69. The summed E-state index contributed by atoms with van der Waals surface area (Å²) in [6.45, 7) is 0. The largest absolute Gasteiger partial charge is 0.478 e. The molecule has 0 spiro atoms. The van der Waals surface area contributed by atoms with Gasteiger partial charge >= 0.3 is 5.97 Å². The number of fused-ring (bicyclic) bond motifs is 1. The number of hydrogen-bond acceptors (Lipinski definition) is 4. The van der Waals surface area contributed by atoms with E-state index >= 15 is 0 Å². The molecule has 30 heavy (non-hydrogen) atoms. The van der Waals surface area contributed by atoms with Gasteiger partial charge in [-0.1, -0.05) is 54.6 Å². The summed E-state index contributed by atoms with van der Waals surface area (Å²) >= 11 is 0. The molecule has 0 saturated heterocycles. The number of benzene rings is 3. The van der Waals surface area contributed by atoms with E-state index in [9.17, 15) is 9.59 Å². The fourth-order valence-electron chi connectivity index (χ4n) is 3.18. The molecule has 3 aromatic carbocycles. The van der Waals surface area contributed by atoms with E-state index in [4.69, 9.17) is 9.52 Å². The van der Waals surface area contributed by atoms with Gasteiger partial charge in [0.25, 0.3) is 0 Å². The zero-order chi connectivity index (χ0) is 20.9. The Labute approximate surface area is 172 Å². The number of hydrogen-bond donors (Lipinski definition) is 2. The lowest BCUT2D eigenvalue weighted by Crippen LogP contribution is -2.19. The third-order valence-electron chi connectivity index (χ3n) is 4.66. The summed E-state index contributed by atoms with van der Waals surface area (Å²) in [5.41, 5.74) is 4.41. The average Bonchev–Trinajstić information content (AvgIpc) is 3.23. The monoisotopic (exact) mass is 398 g/mol. The molecule has 0 unspecified atom stereocenters. The Morgan fingerprint density at radius 1 is 0.933 bits per heavy atom. The summed E-state index contributed by atoms with van der Waals surface area (Å²) in [4.78, 5) is 23.2. The number of carbonyl (C=O) groups excluding carboxylic acids is 1. The second-order valence-electron chi connectivity index (χ2n) is 6.69. The maximum absolute atomic E-state index is 12.3. The van der Waals surface area contributed by atoms with Crippen LogP contribution in [0.2, 0.25) is 0 Å². The first-order valence-electron chi connectivity index (χ1n) is 9.32. The Balaban J connectivity index is 1.39. The average molecular weight is 398 g/mol. The lowest BCUT2D eigenvalue weighted by atomic mass is 10.0. The van der Waals surface area contributed by atoms with Crippen molar-refractivity contribution in [3.63, 3.8) is 0 Å². The molecule has 2 N–H and O–H groups in total. The Kier molecular flexibility index (Phi) is 5.39. The molecule has 0 saturated carbocycles. The first-order valence-corrected chi connectivity index (χ1v) is 9.32. The summed E-state index contributed by atoms with van der Waals surface area (Å²) in [6.07, 6.45) is 1.65. The molecule has 1 heterocycles. The van der Waals surface area contributed by atoms with Crippen LogP contribution in [0, 0.1) is 0 Å². The van der Waals surface area contributed by atoms with Crippen molar-refractivity contribution in [2.45, 2.75) is 6.42 Å². The Morgan fingerprint density at radius 3 is 2.50 bits per heavy atom. The van der Waals surface area contributed by atoms with E-state index in [0.29, 0.717) is 11.5 Å². The number of carboxylic acids is 1. The number of aromatic carboxylic acids is 1. The third kappa shape index (κ3) is 4.28. The number of hydrazone groups is 1. The molecule has 0 radical (unpaired) electrons. The minimum Gasteiger partial charge on any atom is -0.478 e. The van der Waals surface area contributed by atoms with Crippen LogP contribution in [0.25, 0.3) is 22.1 Å². The molecule has 4 aromatic rings. The van der Waals surface area contributed by atoms with Crippen LogP contribution in [0.4, 0.5) is 0 Å². The van der Waals surface area contributed by atoms with E-state index in [1.165, 1.54) is 18.3 Å². The highest BCUT2D eigenvalue weighted by atomic mass is 16.4. The van der Waals surface area contributed by atoms with Crippen LogP contribution in [0.15, 0.2) is 88.4 Å². The molecule has 6 nitrogen and oxygen atoms in total. The number of nitrogens with zero attached hydrogens (tertiary/aromatic N) is 1. The summed E-state index contributed by atoms with van der Waals surface area (Å²) in [5, 5.41) is 15.1. The minimum absolute atomic E-state index is 0.209. The third-order valence-corrected chi connectivity index (χ3v) is 4.66. The van der Waals surface area contributed by atoms with E-state index < -0.39 is 5.97 Å². The first kappa shape index (κ1) is 19.1. The van der Waals surface area contributed by atoms with E-state index in [1.54, 1.807) is 24.3 Å². The zero-order valence-electron chi connectivity index (χ0n) is 15.9. The smallest absolute Gasteiger partial charge is 0.335 e. The molecule has 148 valence electrons. The number of rotatable bonds is 6. The van der Waals surface area contributed by atoms with Gasteiger partial charge in [0.05, 0.1) is 18.2 Å². The van der Waals surface area contributed by atoms with Gasteiger partial charge in [0.15, 0.2) is 0 Å². The summed E-state index contributed by atoms with van der Waals surface area (Å²) in [5.74, 6) is -0.153. The Hall–Kier alpha value is -4.19. The number of carbonyl (C=O) groups is 2. The van der Waals surface area contributed by atoms with Crippen molar-refractivity contribution in [1.29, 1.82) is 0 Å². The van der Waals surface area contributed by atoms with E-state index in [0.717, 1.165) is 21.9 Å². The summed E-state index contributed by atoms with van der Waals surface area (Å²) < 4.78 is 5.68. The van der Waals surface area contributed by atoms with Crippen molar-refractivity contribution in [1.82, 2.24) is 5.43 Å².